The molecule has 4 N–H and O–H groups in total. The number of sulfonamides is 1. The van der Waals surface area contributed by atoms with Crippen LogP contribution in [0.25, 0.3) is 10.8 Å². The monoisotopic (exact) mass is 534 g/mol. The molecule has 4 aromatic rings. The molecule has 1 heterocycles. The van der Waals surface area contributed by atoms with Gasteiger partial charge in [-0.25, -0.2) is 18.1 Å². The lowest BCUT2D eigenvalue weighted by molar-refractivity contribution is -0.120. The number of rotatable bonds is 10. The first-order chi connectivity index (χ1) is 18.2. The van der Waals surface area contributed by atoms with Crippen LogP contribution in [0.3, 0.4) is 0 Å². The Hall–Kier alpha value is -4.31. The lowest BCUT2D eigenvalue weighted by Crippen LogP contribution is -2.37. The summed E-state index contributed by atoms with van der Waals surface area (Å²) >= 11 is 0. The number of carbonyl (C=O) groups is 1. The van der Waals surface area contributed by atoms with Gasteiger partial charge in [-0.1, -0.05) is 24.3 Å². The van der Waals surface area contributed by atoms with Crippen LogP contribution in [0.5, 0.6) is 11.5 Å². The van der Waals surface area contributed by atoms with Crippen LogP contribution in [0.1, 0.15) is 32.4 Å². The predicted molar refractivity (Wildman–Crippen MR) is 148 cm³/mol. The number of ether oxygens (including phenoxy) is 2. The van der Waals surface area contributed by atoms with Gasteiger partial charge in [0.15, 0.2) is 11.5 Å². The lowest BCUT2D eigenvalue weighted by atomic mass is 10.0. The van der Waals surface area contributed by atoms with E-state index in [-0.39, 0.29) is 11.0 Å². The number of amides is 1. The normalized spacial score (nSPS) is 12.2. The molecule has 1 amide bonds. The van der Waals surface area contributed by atoms with Crippen LogP contribution < -0.4 is 25.2 Å². The van der Waals surface area contributed by atoms with E-state index >= 15 is 0 Å². The van der Waals surface area contributed by atoms with Gasteiger partial charge in [0.05, 0.1) is 17.6 Å². The van der Waals surface area contributed by atoms with Gasteiger partial charge in [-0.2, -0.15) is 0 Å². The number of anilines is 2. The van der Waals surface area contributed by atoms with Gasteiger partial charge in [0.25, 0.3) is 15.9 Å². The zero-order valence-electron chi connectivity index (χ0n) is 21.3. The van der Waals surface area contributed by atoms with E-state index in [1.165, 1.54) is 12.1 Å². The van der Waals surface area contributed by atoms with E-state index < -0.39 is 22.0 Å². The molecule has 198 valence electrons. The highest BCUT2D eigenvalue weighted by molar-refractivity contribution is 7.90. The van der Waals surface area contributed by atoms with Crippen molar-refractivity contribution in [3.8, 4) is 11.5 Å². The molecule has 38 heavy (non-hydrogen) atoms. The van der Waals surface area contributed by atoms with Crippen molar-refractivity contribution in [3.63, 3.8) is 0 Å². The van der Waals surface area contributed by atoms with Gasteiger partial charge >= 0.3 is 0 Å². The average Bonchev–Trinajstić information content (AvgIpc) is 2.88. The maximum absolute atomic E-state index is 13.5. The Labute approximate surface area is 222 Å². The Balaban J connectivity index is 1.74. The van der Waals surface area contributed by atoms with E-state index in [4.69, 9.17) is 15.2 Å². The summed E-state index contributed by atoms with van der Waals surface area (Å²) in [6.07, 6.45) is 1.51. The van der Waals surface area contributed by atoms with Gasteiger partial charge in [-0.05, 0) is 80.3 Å². The van der Waals surface area contributed by atoms with Gasteiger partial charge in [0.1, 0.15) is 11.9 Å². The first-order valence-electron chi connectivity index (χ1n) is 12.1. The molecule has 10 heteroatoms. The molecule has 0 fully saturated rings. The van der Waals surface area contributed by atoms with E-state index in [0.717, 1.165) is 10.8 Å². The fourth-order valence-electron chi connectivity index (χ4n) is 3.93. The lowest BCUT2D eigenvalue weighted by Gasteiger charge is -2.22. The highest BCUT2D eigenvalue weighted by Crippen LogP contribution is 2.33. The summed E-state index contributed by atoms with van der Waals surface area (Å²) in [6.45, 7) is 6.02. The number of benzene rings is 3. The van der Waals surface area contributed by atoms with E-state index in [1.54, 1.807) is 60.8 Å². The molecule has 9 nitrogen and oxygen atoms in total. The molecule has 0 spiro atoms. The maximum Gasteiger partial charge on any atom is 0.264 e. The maximum atomic E-state index is 13.5. The number of carbonyl (C=O) groups excluding carboxylic acids is 1. The predicted octanol–water partition coefficient (Wildman–Crippen LogP) is 4.66. The van der Waals surface area contributed by atoms with Crippen molar-refractivity contribution in [2.75, 3.05) is 17.7 Å². The molecule has 0 radical (unpaired) electrons. The molecule has 0 aliphatic heterocycles. The third-order valence-electron chi connectivity index (χ3n) is 5.62. The number of nitrogens with zero attached hydrogens (tertiary/aromatic N) is 1. The molecule has 4 rings (SSSR count). The van der Waals surface area contributed by atoms with Gasteiger partial charge in [0, 0.05) is 17.3 Å². The topological polar surface area (TPSA) is 133 Å². The zero-order valence-corrected chi connectivity index (χ0v) is 22.2. The molecule has 0 bridgehead atoms. The summed E-state index contributed by atoms with van der Waals surface area (Å²) in [6, 6.07) is 18.9. The van der Waals surface area contributed by atoms with E-state index in [2.05, 4.69) is 15.0 Å². The van der Waals surface area contributed by atoms with Crippen LogP contribution in [-0.4, -0.2) is 32.0 Å². The third kappa shape index (κ3) is 6.15. The fraction of sp³-hybridized carbons (Fsp3) is 0.214. The molecule has 0 unspecified atom stereocenters. The van der Waals surface area contributed by atoms with Crippen molar-refractivity contribution < 1.29 is 22.7 Å². The minimum absolute atomic E-state index is 0.0172. The van der Waals surface area contributed by atoms with Gasteiger partial charge in [0.2, 0.25) is 0 Å². The largest absolute Gasteiger partial charge is 0.490 e. The van der Waals surface area contributed by atoms with Crippen molar-refractivity contribution in [1.29, 1.82) is 0 Å². The molecule has 0 saturated carbocycles. The highest BCUT2D eigenvalue weighted by Gasteiger charge is 2.27. The molecule has 0 saturated heterocycles. The molecule has 1 atom stereocenters. The van der Waals surface area contributed by atoms with Crippen molar-refractivity contribution in [1.82, 2.24) is 9.71 Å². The number of aromatic nitrogens is 1. The quantitative estimate of drug-likeness (QED) is 0.268. The first-order valence-corrected chi connectivity index (χ1v) is 13.6. The SMILES string of the molecule is CCOc1cc([C@H](Nc2ccc3c(N)nccc3c2)C(=O)NS(=O)(=O)c2ccccc2)ccc1OC(C)C. The number of nitrogens with two attached hydrogens (primary N) is 1. The van der Waals surface area contributed by atoms with Crippen LogP contribution in [0.15, 0.2) is 83.9 Å². The molecular weight excluding hydrogens is 504 g/mol. The van der Waals surface area contributed by atoms with E-state index in [9.17, 15) is 13.2 Å². The number of nitrogen functional groups attached to an aromatic ring is 1. The number of pyridine rings is 1. The molecule has 1 aromatic heterocycles. The average molecular weight is 535 g/mol. The molecular formula is C28H30N4O5S. The summed E-state index contributed by atoms with van der Waals surface area (Å²) in [5, 5.41) is 4.75. The second kappa shape index (κ2) is 11.4. The second-order valence-electron chi connectivity index (χ2n) is 8.80. The van der Waals surface area contributed by atoms with E-state index in [0.29, 0.717) is 35.2 Å². The van der Waals surface area contributed by atoms with Crippen LogP contribution in [0.4, 0.5) is 11.5 Å². The van der Waals surface area contributed by atoms with Crippen LogP contribution in [0, 0.1) is 0 Å². The van der Waals surface area contributed by atoms with Crippen molar-refractivity contribution in [3.05, 3.63) is 84.6 Å². The fourth-order valence-corrected chi connectivity index (χ4v) is 4.95. The van der Waals surface area contributed by atoms with Crippen LogP contribution >= 0.6 is 0 Å². The van der Waals surface area contributed by atoms with Gasteiger partial charge < -0.3 is 20.5 Å². The number of hydrogen-bond acceptors (Lipinski definition) is 8. The summed E-state index contributed by atoms with van der Waals surface area (Å²) in [4.78, 5) is 17.6. The Morgan fingerprint density at radius 3 is 2.47 bits per heavy atom. The number of fused-ring (bicyclic) bond motifs is 1. The smallest absolute Gasteiger partial charge is 0.264 e. The Morgan fingerprint density at radius 2 is 1.76 bits per heavy atom. The Bertz CT molecular complexity index is 1540. The number of nitrogens with one attached hydrogen (secondary N) is 2. The summed E-state index contributed by atoms with van der Waals surface area (Å²) in [5.41, 5.74) is 7.05. The van der Waals surface area contributed by atoms with Gasteiger partial charge in [-0.15, -0.1) is 0 Å². The van der Waals surface area contributed by atoms with Crippen LogP contribution in [0.2, 0.25) is 0 Å². The molecule has 3 aromatic carbocycles. The van der Waals surface area contributed by atoms with Crippen molar-refractivity contribution >= 4 is 38.2 Å². The summed E-state index contributed by atoms with van der Waals surface area (Å²) in [7, 11) is -4.11. The van der Waals surface area contributed by atoms with Crippen LogP contribution in [-0.2, 0) is 14.8 Å². The summed E-state index contributed by atoms with van der Waals surface area (Å²) < 4.78 is 39.8. The Morgan fingerprint density at radius 1 is 1.00 bits per heavy atom. The Kier molecular flexibility index (Phi) is 8.02. The van der Waals surface area contributed by atoms with Gasteiger partial charge in [-0.3, -0.25) is 4.79 Å². The first kappa shape index (κ1) is 26.7. The van der Waals surface area contributed by atoms with Crippen molar-refractivity contribution in [2.24, 2.45) is 0 Å². The third-order valence-corrected chi connectivity index (χ3v) is 6.98. The number of hydrogen-bond donors (Lipinski definition) is 3. The minimum Gasteiger partial charge on any atom is -0.490 e. The minimum atomic E-state index is -4.11. The summed E-state index contributed by atoms with van der Waals surface area (Å²) in [5.74, 6) is 0.597. The van der Waals surface area contributed by atoms with Crippen molar-refractivity contribution in [2.45, 2.75) is 37.8 Å². The zero-order chi connectivity index (χ0) is 27.3. The highest BCUT2D eigenvalue weighted by atomic mass is 32.2. The van der Waals surface area contributed by atoms with E-state index in [1.807, 2.05) is 26.8 Å². The molecule has 0 aliphatic carbocycles. The second-order valence-corrected chi connectivity index (χ2v) is 10.5. The molecule has 0 aliphatic rings. The standard InChI is InChI=1S/C28H30N4O5S/c1-4-36-25-17-20(10-13-24(25)37-18(2)3)26(28(33)32-38(34,35)22-8-6-5-7-9-22)31-21-11-12-23-19(16-21)14-15-30-27(23)29/h5-18,26,31H,4H2,1-3H3,(H2,29,30)(H,32,33)/t26-/m0/s1.